The van der Waals surface area contributed by atoms with E-state index in [0.29, 0.717) is 0 Å². The van der Waals surface area contributed by atoms with Gasteiger partial charge in [0, 0.05) is 111 Å². The van der Waals surface area contributed by atoms with Gasteiger partial charge in [0.05, 0.1) is 67.6 Å². The van der Waals surface area contributed by atoms with Gasteiger partial charge in [-0.25, -0.2) is 0 Å². The Morgan fingerprint density at radius 1 is 0.211 bits per heavy atom. The maximum atomic E-state index is 2.57. The lowest BCUT2D eigenvalue weighted by Crippen LogP contribution is -2.30. The van der Waals surface area contributed by atoms with Crippen LogP contribution in [0.4, 0.5) is 62.6 Å². The van der Waals surface area contributed by atoms with Crippen LogP contribution in [0.3, 0.4) is 0 Å². The molecule has 5 heterocycles. The summed E-state index contributed by atoms with van der Waals surface area (Å²) < 4.78 is 7.18. The monoisotopic (exact) mass is 1700 g/mol. The van der Waals surface area contributed by atoms with Gasteiger partial charge in [0.2, 0.25) is 0 Å². The van der Waals surface area contributed by atoms with Crippen molar-refractivity contribution in [2.24, 2.45) is 0 Å². The Labute approximate surface area is 770 Å². The molecule has 0 radical (unpaired) electrons. The second-order valence-corrected chi connectivity index (χ2v) is 34.9. The highest BCUT2D eigenvalue weighted by atomic mass is 15.2. The number of allylic oxidation sites excluding steroid dienone is 2. The topological polar surface area (TPSA) is 27.8 Å². The highest BCUT2D eigenvalue weighted by Crippen LogP contribution is 2.56. The van der Waals surface area contributed by atoms with Crippen molar-refractivity contribution in [2.45, 2.75) is 12.5 Å². The molecule has 3 aliphatic rings. The molecule has 624 valence electrons. The lowest BCUT2D eigenvalue weighted by atomic mass is 9.86. The molecule has 0 amide bonds. The number of hydrogen-bond donors (Lipinski definition) is 0. The van der Waals surface area contributed by atoms with E-state index in [-0.39, 0.29) is 6.04 Å². The highest BCUT2D eigenvalue weighted by molar-refractivity contribution is 6.21. The van der Waals surface area contributed by atoms with Crippen molar-refractivity contribution >= 4 is 166 Å². The summed E-state index contributed by atoms with van der Waals surface area (Å²) in [6.07, 6.45) is 8.11. The Kier molecular flexibility index (Phi) is 18.3. The summed E-state index contributed by atoms with van der Waals surface area (Å²) in [5.41, 5.74) is 35.7. The molecule has 21 aromatic carbocycles. The molecule has 0 saturated heterocycles. The van der Waals surface area contributed by atoms with Gasteiger partial charge >= 0.3 is 0 Å². The van der Waals surface area contributed by atoms with Crippen molar-refractivity contribution in [2.75, 3.05) is 19.6 Å². The van der Waals surface area contributed by atoms with Crippen molar-refractivity contribution in [3.8, 4) is 61.6 Å². The van der Waals surface area contributed by atoms with Crippen LogP contribution >= 0.6 is 0 Å². The molecule has 2 aliphatic heterocycles. The first-order valence-electron chi connectivity index (χ1n) is 46.0. The molecule has 0 spiro atoms. The number of nitrogens with zero attached hydrogens (tertiary/aromatic N) is 7. The molecular formula is C126H85N7. The van der Waals surface area contributed by atoms with Crippen LogP contribution < -0.4 is 19.6 Å². The third-order valence-electron chi connectivity index (χ3n) is 27.6. The molecule has 0 saturated carbocycles. The molecule has 27 rings (SSSR count). The SMILES string of the molecule is C1=CC(N(c2ccc3c(c2)c2ccccc2n3-c2ccccc2)c2ccc3c(c2)c2ccccc2n3-c2ccccc2)CC=C1c1ccc2c3c(cccc13)N(c1ccccc1)c1ccccc1-2.c1ccc(-c2ccc(N(c3ccc(-c4ccc5c6c(cccc46)N(c4ccccc4)c4ccccc4-5)cc3)c3ccc4c(c3)c3ccccc3n4-c3ccccc3)c3ccccc23)cc1. The van der Waals surface area contributed by atoms with Crippen LogP contribution in [0, 0.1) is 0 Å². The van der Waals surface area contributed by atoms with Crippen molar-refractivity contribution in [3.05, 3.63) is 503 Å². The zero-order valence-electron chi connectivity index (χ0n) is 72.8. The minimum absolute atomic E-state index is 0.0547. The molecule has 7 nitrogen and oxygen atoms in total. The van der Waals surface area contributed by atoms with Crippen LogP contribution in [-0.4, -0.2) is 19.7 Å². The number of anilines is 11. The Balaban J connectivity index is 0.000000139. The average Bonchev–Trinajstić information content (AvgIpc) is 1.72. The lowest BCUT2D eigenvalue weighted by molar-refractivity contribution is 0.788. The first-order valence-corrected chi connectivity index (χ1v) is 46.0. The molecule has 0 fully saturated rings. The van der Waals surface area contributed by atoms with Crippen LogP contribution in [0.1, 0.15) is 12.0 Å². The molecule has 7 heteroatoms. The molecular weight excluding hydrogens is 1610 g/mol. The summed E-state index contributed by atoms with van der Waals surface area (Å²) in [4.78, 5) is 9.85. The second kappa shape index (κ2) is 31.8. The zero-order valence-corrected chi connectivity index (χ0v) is 72.8. The van der Waals surface area contributed by atoms with Crippen molar-refractivity contribution < 1.29 is 0 Å². The molecule has 0 N–H and O–H groups in total. The van der Waals surface area contributed by atoms with E-state index in [4.69, 9.17) is 0 Å². The van der Waals surface area contributed by atoms with Crippen LogP contribution in [-0.2, 0) is 0 Å². The van der Waals surface area contributed by atoms with Crippen molar-refractivity contribution in [3.63, 3.8) is 0 Å². The summed E-state index contributed by atoms with van der Waals surface area (Å²) in [5, 5.41) is 14.9. The highest BCUT2D eigenvalue weighted by Gasteiger charge is 2.32. The van der Waals surface area contributed by atoms with E-state index in [2.05, 4.69) is 531 Å². The van der Waals surface area contributed by atoms with E-state index in [0.717, 1.165) is 63.3 Å². The van der Waals surface area contributed by atoms with Gasteiger partial charge in [-0.1, -0.05) is 322 Å². The van der Waals surface area contributed by atoms with Gasteiger partial charge in [-0.15, -0.1) is 0 Å². The largest absolute Gasteiger partial charge is 0.334 e. The van der Waals surface area contributed by atoms with Crippen LogP contribution in [0.2, 0.25) is 0 Å². The Hall–Kier alpha value is -17.5. The molecule has 3 aromatic heterocycles. The normalized spacial score (nSPS) is 13.1. The van der Waals surface area contributed by atoms with E-state index >= 15 is 0 Å². The third kappa shape index (κ3) is 12.6. The fourth-order valence-electron chi connectivity index (χ4n) is 21.8. The summed E-state index contributed by atoms with van der Waals surface area (Å²) in [5.74, 6) is 0. The Morgan fingerprint density at radius 2 is 0.549 bits per heavy atom. The van der Waals surface area contributed by atoms with Gasteiger partial charge in [0.15, 0.2) is 0 Å². The summed E-state index contributed by atoms with van der Waals surface area (Å²) in [6.45, 7) is 0. The van der Waals surface area contributed by atoms with E-state index in [1.165, 1.54) is 176 Å². The van der Waals surface area contributed by atoms with Gasteiger partial charge in [-0.3, -0.25) is 0 Å². The third-order valence-corrected chi connectivity index (χ3v) is 27.6. The zero-order chi connectivity index (χ0) is 87.6. The van der Waals surface area contributed by atoms with E-state index in [9.17, 15) is 0 Å². The first kappa shape index (κ1) is 76.7. The summed E-state index contributed by atoms with van der Waals surface area (Å²) in [7, 11) is 0. The van der Waals surface area contributed by atoms with Gasteiger partial charge in [-0.2, -0.15) is 0 Å². The number of hydrogen-bond acceptors (Lipinski definition) is 4. The van der Waals surface area contributed by atoms with Gasteiger partial charge in [0.1, 0.15) is 0 Å². The van der Waals surface area contributed by atoms with E-state index < -0.39 is 0 Å². The standard InChI is InChI=1S/C64H44N4.C62H41N3/c1-4-17-44(18-5-1)66-59-28-14-11-24-52(59)56-41-48(35-39-61(56)66)65(49-36-40-62-57(42-49)53-25-12-15-29-60(53)67(62)45-19-6-2-7-20-45)47-33-31-43(32-34-47)50-37-38-55-51-23-10-13-27-58(51)68(46-21-8-3-9-22-46)63-30-16-26-54(50)64(55)63;1-4-17-42(18-5-1)48-38-40-59(51-24-11-10-23-50(48)51)63(47-35-39-60-56(41-47)53-26-13-15-29-58(53)64(60)44-19-6-2-7-20-44)46-33-31-43(32-34-46)49-36-37-55-52-25-12-14-28-57(52)65(45-21-8-3-9-22-45)61-30-16-27-54(49)62(55)61/h1-33,35-42,47H,34H2;1-41H. The predicted molar refractivity (Wildman–Crippen MR) is 562 cm³/mol. The second-order valence-electron chi connectivity index (χ2n) is 34.9. The number of aromatic nitrogens is 3. The Bertz CT molecular complexity index is 8640. The first-order chi connectivity index (χ1) is 66.0. The average molecular weight is 1700 g/mol. The minimum atomic E-state index is 0.0547. The molecule has 1 aliphatic carbocycles. The smallest absolute Gasteiger partial charge is 0.0560 e. The van der Waals surface area contributed by atoms with E-state index in [1.807, 2.05) is 0 Å². The molecule has 133 heavy (non-hydrogen) atoms. The predicted octanol–water partition coefficient (Wildman–Crippen LogP) is 34.4. The van der Waals surface area contributed by atoms with Crippen LogP contribution in [0.15, 0.2) is 497 Å². The van der Waals surface area contributed by atoms with Gasteiger partial charge in [-0.05, 0) is 243 Å². The summed E-state index contributed by atoms with van der Waals surface area (Å²) in [6, 6.07) is 175. The molecule has 0 bridgehead atoms. The maximum Gasteiger partial charge on any atom is 0.0560 e. The number of para-hydroxylation sites is 10. The number of rotatable bonds is 14. The van der Waals surface area contributed by atoms with Crippen LogP contribution in [0.5, 0.6) is 0 Å². The number of fused-ring (bicyclic) bond motifs is 14. The summed E-state index contributed by atoms with van der Waals surface area (Å²) >= 11 is 0. The van der Waals surface area contributed by atoms with Crippen molar-refractivity contribution in [1.29, 1.82) is 0 Å². The number of benzene rings is 21. The molecule has 1 unspecified atom stereocenters. The van der Waals surface area contributed by atoms with Crippen molar-refractivity contribution in [1.82, 2.24) is 13.7 Å². The molecule has 1 atom stereocenters. The lowest BCUT2D eigenvalue weighted by Gasteiger charge is -2.35. The van der Waals surface area contributed by atoms with Gasteiger partial charge in [0.25, 0.3) is 0 Å². The fraction of sp³-hybridized carbons (Fsp3) is 0.0159. The quantitative estimate of drug-likeness (QED) is 0.108. The van der Waals surface area contributed by atoms with Gasteiger partial charge < -0.3 is 33.3 Å². The fourth-order valence-corrected chi connectivity index (χ4v) is 21.8. The minimum Gasteiger partial charge on any atom is -0.334 e. The molecule has 24 aromatic rings. The Morgan fingerprint density at radius 3 is 1.02 bits per heavy atom. The maximum absolute atomic E-state index is 2.57. The van der Waals surface area contributed by atoms with Crippen LogP contribution in [0.25, 0.3) is 165 Å². The van der Waals surface area contributed by atoms with E-state index in [1.54, 1.807) is 0 Å².